The number of rotatable bonds is 13. The first-order valence-electron chi connectivity index (χ1n) is 13.5. The van der Waals surface area contributed by atoms with Gasteiger partial charge in [0.25, 0.3) is 0 Å². The summed E-state index contributed by atoms with van der Waals surface area (Å²) in [5.41, 5.74) is -0.920. The Kier molecular flexibility index (Phi) is 9.40. The molecule has 0 aliphatic heterocycles. The number of methoxy groups -OCH3 is 1. The second-order valence-electron chi connectivity index (χ2n) is 11.6. The molecule has 2 fully saturated rings. The normalized spacial score (nSPS) is 25.9. The first kappa shape index (κ1) is 30.1. The van der Waals surface area contributed by atoms with Crippen molar-refractivity contribution in [3.8, 4) is 11.9 Å². The fourth-order valence-corrected chi connectivity index (χ4v) is 5.12. The number of allylic oxidation sites excluding steroid dienone is 1. The van der Waals surface area contributed by atoms with Gasteiger partial charge in [0.05, 0.1) is 24.6 Å². The zero-order valence-corrected chi connectivity index (χ0v) is 23.7. The Bertz CT molecular complexity index is 1100. The molecule has 39 heavy (non-hydrogen) atoms. The molecule has 1 heterocycles. The van der Waals surface area contributed by atoms with E-state index >= 15 is 0 Å². The minimum atomic E-state index is -1.37. The number of carboxylic acid groups (broad SMARTS) is 1. The molecule has 0 radical (unpaired) electrons. The van der Waals surface area contributed by atoms with Gasteiger partial charge in [-0.25, -0.2) is 4.79 Å². The van der Waals surface area contributed by atoms with E-state index in [0.29, 0.717) is 18.8 Å². The van der Waals surface area contributed by atoms with Crippen molar-refractivity contribution in [2.45, 2.75) is 76.4 Å². The van der Waals surface area contributed by atoms with Crippen LogP contribution >= 0.6 is 0 Å². The highest BCUT2D eigenvalue weighted by Gasteiger charge is 2.61. The molecule has 0 spiro atoms. The van der Waals surface area contributed by atoms with Crippen molar-refractivity contribution in [2.24, 2.45) is 17.8 Å². The van der Waals surface area contributed by atoms with E-state index in [4.69, 9.17) is 9.47 Å². The predicted octanol–water partition coefficient (Wildman–Crippen LogP) is 3.52. The minimum Gasteiger partial charge on any atom is -0.479 e. The number of carbonyl (C=O) groups excluding carboxylic acids is 2. The minimum absolute atomic E-state index is 0.157. The summed E-state index contributed by atoms with van der Waals surface area (Å²) >= 11 is 0. The van der Waals surface area contributed by atoms with Crippen molar-refractivity contribution in [3.05, 3.63) is 37.1 Å². The van der Waals surface area contributed by atoms with Crippen molar-refractivity contribution < 1.29 is 29.0 Å². The van der Waals surface area contributed by atoms with E-state index in [2.05, 4.69) is 28.4 Å². The van der Waals surface area contributed by atoms with Crippen LogP contribution in [0.5, 0.6) is 11.9 Å². The number of unbranched alkanes of at least 4 members (excludes halogenated alkanes) is 2. The molecule has 5 atom stereocenters. The molecule has 2 aliphatic rings. The summed E-state index contributed by atoms with van der Waals surface area (Å²) in [5.74, 6) is -3.16. The number of carboxylic acids is 1. The monoisotopic (exact) mass is 542 g/mol. The van der Waals surface area contributed by atoms with Crippen LogP contribution in [-0.2, 0) is 19.8 Å². The largest absolute Gasteiger partial charge is 0.479 e. The van der Waals surface area contributed by atoms with Crippen LogP contribution in [0.1, 0.15) is 65.0 Å². The van der Waals surface area contributed by atoms with Gasteiger partial charge in [-0.2, -0.15) is 9.97 Å². The lowest BCUT2D eigenvalue weighted by molar-refractivity contribution is -0.145. The maximum atomic E-state index is 13.5. The number of hydrogen-bond donors (Lipinski definition) is 2. The second-order valence-corrected chi connectivity index (χ2v) is 11.6. The SMILES string of the molecule is C=CCCCCN(C)C(=O)C1CC(Oc2cc(C(C)(C)C)nc(OC)n2)CC1C(=O)NC1(C(=O)O)CC1C=C. The zero-order valence-electron chi connectivity index (χ0n) is 23.7. The van der Waals surface area contributed by atoms with Gasteiger partial charge in [-0.1, -0.05) is 32.9 Å². The van der Waals surface area contributed by atoms with Crippen LogP contribution in [0, 0.1) is 17.8 Å². The fraction of sp³-hybridized carbons (Fsp3) is 0.621. The third-order valence-corrected chi connectivity index (χ3v) is 7.65. The Morgan fingerprint density at radius 3 is 2.46 bits per heavy atom. The first-order chi connectivity index (χ1) is 18.4. The summed E-state index contributed by atoms with van der Waals surface area (Å²) in [6.07, 6.45) is 6.34. The summed E-state index contributed by atoms with van der Waals surface area (Å²) in [4.78, 5) is 49.4. The molecule has 2 amide bonds. The summed E-state index contributed by atoms with van der Waals surface area (Å²) < 4.78 is 11.5. The molecule has 10 heteroatoms. The van der Waals surface area contributed by atoms with Crippen LogP contribution in [0.25, 0.3) is 0 Å². The zero-order chi connectivity index (χ0) is 29.0. The van der Waals surface area contributed by atoms with Gasteiger partial charge in [-0.15, -0.1) is 13.2 Å². The topological polar surface area (TPSA) is 131 Å². The van der Waals surface area contributed by atoms with Crippen LogP contribution < -0.4 is 14.8 Å². The molecule has 0 saturated heterocycles. The number of carbonyl (C=O) groups is 3. The molecule has 10 nitrogen and oxygen atoms in total. The maximum absolute atomic E-state index is 13.5. The molecule has 2 N–H and O–H groups in total. The average Bonchev–Trinajstić information content (AvgIpc) is 3.45. The average molecular weight is 543 g/mol. The van der Waals surface area contributed by atoms with E-state index in [9.17, 15) is 19.5 Å². The molecule has 2 saturated carbocycles. The number of nitrogens with one attached hydrogen (secondary N) is 1. The molecular formula is C29H42N4O6. The van der Waals surface area contributed by atoms with Crippen LogP contribution in [0.4, 0.5) is 0 Å². The van der Waals surface area contributed by atoms with Crippen molar-refractivity contribution >= 4 is 17.8 Å². The first-order valence-corrected chi connectivity index (χ1v) is 13.5. The number of aromatic nitrogens is 2. The maximum Gasteiger partial charge on any atom is 0.330 e. The highest BCUT2D eigenvalue weighted by atomic mass is 16.5. The molecule has 0 aromatic carbocycles. The number of amides is 2. The molecule has 214 valence electrons. The Labute approximate surface area is 230 Å². The standard InChI is InChI=1S/C29H42N4O6/c1-8-10-11-12-13-33(6)25(35)21-15-19(39-23-16-22(28(3,4)5)30-27(31-23)38-7)14-20(21)24(34)32-29(26(36)37)17-18(29)9-2/h8-9,16,18-21H,1-2,10-15,17H2,3-7H3,(H,32,34)(H,36,37). The predicted molar refractivity (Wildman–Crippen MR) is 146 cm³/mol. The van der Waals surface area contributed by atoms with Crippen LogP contribution in [0.3, 0.4) is 0 Å². The van der Waals surface area contributed by atoms with Crippen LogP contribution in [0.2, 0.25) is 0 Å². The number of hydrogen-bond acceptors (Lipinski definition) is 7. The van der Waals surface area contributed by atoms with Gasteiger partial charge in [-0.3, -0.25) is 9.59 Å². The smallest absolute Gasteiger partial charge is 0.330 e. The van der Waals surface area contributed by atoms with Crippen molar-refractivity contribution in [3.63, 3.8) is 0 Å². The van der Waals surface area contributed by atoms with E-state index in [-0.39, 0.29) is 36.1 Å². The van der Waals surface area contributed by atoms with E-state index in [0.717, 1.165) is 25.0 Å². The van der Waals surface area contributed by atoms with Gasteiger partial charge >= 0.3 is 12.0 Å². The van der Waals surface area contributed by atoms with Gasteiger partial charge in [0.1, 0.15) is 11.6 Å². The highest BCUT2D eigenvalue weighted by Crippen LogP contribution is 2.46. The summed E-state index contributed by atoms with van der Waals surface area (Å²) in [7, 11) is 3.21. The van der Waals surface area contributed by atoms with Crippen LogP contribution in [-0.4, -0.2) is 70.1 Å². The molecule has 5 unspecified atom stereocenters. The Morgan fingerprint density at radius 1 is 1.21 bits per heavy atom. The molecule has 0 bridgehead atoms. The number of aliphatic carboxylic acids is 1. The van der Waals surface area contributed by atoms with E-state index in [1.54, 1.807) is 24.1 Å². The van der Waals surface area contributed by atoms with E-state index < -0.39 is 35.4 Å². The lowest BCUT2D eigenvalue weighted by Gasteiger charge is -2.25. The molecule has 1 aromatic heterocycles. The summed E-state index contributed by atoms with van der Waals surface area (Å²) in [5, 5.41) is 12.5. The number of ether oxygens (including phenoxy) is 2. The van der Waals surface area contributed by atoms with Crippen molar-refractivity contribution in [2.75, 3.05) is 20.7 Å². The van der Waals surface area contributed by atoms with Gasteiger partial charge in [-0.05, 0) is 38.5 Å². The van der Waals surface area contributed by atoms with Crippen LogP contribution in [0.15, 0.2) is 31.4 Å². The Hall–Kier alpha value is -3.43. The van der Waals surface area contributed by atoms with Gasteiger partial charge in [0.2, 0.25) is 17.7 Å². The Balaban J connectivity index is 1.82. The fourth-order valence-electron chi connectivity index (χ4n) is 5.12. The molecule has 1 aromatic rings. The Morgan fingerprint density at radius 2 is 1.90 bits per heavy atom. The third kappa shape index (κ3) is 6.96. The second kappa shape index (κ2) is 12.2. The quantitative estimate of drug-likeness (QED) is 0.286. The molecule has 2 aliphatic carbocycles. The van der Waals surface area contributed by atoms with E-state index in [1.165, 1.54) is 7.11 Å². The number of nitrogens with zero attached hydrogens (tertiary/aromatic N) is 3. The molecular weight excluding hydrogens is 500 g/mol. The third-order valence-electron chi connectivity index (χ3n) is 7.65. The van der Waals surface area contributed by atoms with Gasteiger partial charge in [0, 0.05) is 31.0 Å². The van der Waals surface area contributed by atoms with Gasteiger partial charge < -0.3 is 24.8 Å². The van der Waals surface area contributed by atoms with Crippen molar-refractivity contribution in [1.82, 2.24) is 20.2 Å². The summed E-state index contributed by atoms with van der Waals surface area (Å²) in [6, 6.07) is 1.92. The van der Waals surface area contributed by atoms with Crippen molar-refractivity contribution in [1.29, 1.82) is 0 Å². The lowest BCUT2D eigenvalue weighted by atomic mass is 9.92. The lowest BCUT2D eigenvalue weighted by Crippen LogP contribution is -2.49. The van der Waals surface area contributed by atoms with E-state index in [1.807, 2.05) is 26.8 Å². The molecule has 3 rings (SSSR count). The highest BCUT2D eigenvalue weighted by molar-refractivity contribution is 5.94. The van der Waals surface area contributed by atoms with Gasteiger partial charge in [0.15, 0.2) is 0 Å². The summed E-state index contributed by atoms with van der Waals surface area (Å²) in [6.45, 7) is 14.0.